The third-order valence-electron chi connectivity index (χ3n) is 4.48. The van der Waals surface area contributed by atoms with Gasteiger partial charge in [0, 0.05) is 51.7 Å². The molecule has 24 heavy (non-hydrogen) atoms. The highest BCUT2D eigenvalue weighted by molar-refractivity contribution is 14.0. The van der Waals surface area contributed by atoms with Gasteiger partial charge in [0.15, 0.2) is 5.96 Å². The minimum absolute atomic E-state index is 0. The lowest BCUT2D eigenvalue weighted by molar-refractivity contribution is 0.370. The first-order valence-electron chi connectivity index (χ1n) is 8.92. The molecule has 0 aromatic carbocycles. The van der Waals surface area contributed by atoms with E-state index in [-0.39, 0.29) is 24.0 Å². The van der Waals surface area contributed by atoms with Crippen LogP contribution in [-0.4, -0.2) is 60.1 Å². The molecule has 0 atom stereocenters. The van der Waals surface area contributed by atoms with Crippen LogP contribution in [0.3, 0.4) is 0 Å². The lowest BCUT2D eigenvalue weighted by Crippen LogP contribution is -2.53. The van der Waals surface area contributed by atoms with Gasteiger partial charge >= 0.3 is 0 Å². The van der Waals surface area contributed by atoms with Crippen LogP contribution in [0.5, 0.6) is 0 Å². The molecule has 134 valence electrons. The number of aliphatic imine (C=N–C) groups is 1. The molecule has 1 saturated heterocycles. The number of piperazine rings is 1. The van der Waals surface area contributed by atoms with Gasteiger partial charge in [0.1, 0.15) is 0 Å². The molecule has 0 bridgehead atoms. The molecule has 3 rings (SSSR count). The van der Waals surface area contributed by atoms with Crippen molar-refractivity contribution >= 4 is 35.9 Å². The van der Waals surface area contributed by atoms with Gasteiger partial charge < -0.3 is 15.1 Å². The van der Waals surface area contributed by atoms with E-state index in [1.54, 1.807) is 12.4 Å². The third-order valence-corrected chi connectivity index (χ3v) is 4.48. The number of nitrogens with zero attached hydrogens (tertiary/aromatic N) is 5. The molecule has 1 aromatic heterocycles. The summed E-state index contributed by atoms with van der Waals surface area (Å²) in [7, 11) is 0. The van der Waals surface area contributed by atoms with Crippen molar-refractivity contribution in [2.45, 2.75) is 32.6 Å². The number of nitrogens with one attached hydrogen (secondary N) is 1. The molecule has 6 nitrogen and oxygen atoms in total. The number of halogens is 1. The molecule has 1 saturated carbocycles. The van der Waals surface area contributed by atoms with Crippen LogP contribution in [-0.2, 0) is 0 Å². The van der Waals surface area contributed by atoms with E-state index in [1.165, 1.54) is 25.7 Å². The molecule has 2 fully saturated rings. The van der Waals surface area contributed by atoms with E-state index in [0.717, 1.165) is 57.1 Å². The first kappa shape index (κ1) is 19.2. The summed E-state index contributed by atoms with van der Waals surface area (Å²) in [6.45, 7) is 7.81. The van der Waals surface area contributed by atoms with Gasteiger partial charge in [-0.1, -0.05) is 12.8 Å². The van der Waals surface area contributed by atoms with Gasteiger partial charge in [-0.15, -0.1) is 24.0 Å². The summed E-state index contributed by atoms with van der Waals surface area (Å²) in [6.07, 6.45) is 9.06. The zero-order valence-corrected chi connectivity index (χ0v) is 16.9. The minimum Gasteiger partial charge on any atom is -0.357 e. The van der Waals surface area contributed by atoms with Crippen molar-refractivity contribution in [3.8, 4) is 0 Å². The second kappa shape index (κ2) is 10.0. The Bertz CT molecular complexity index is 497. The van der Waals surface area contributed by atoms with Crippen molar-refractivity contribution in [3.63, 3.8) is 0 Å². The van der Waals surface area contributed by atoms with Gasteiger partial charge in [0.05, 0.1) is 0 Å². The van der Waals surface area contributed by atoms with Gasteiger partial charge in [0.25, 0.3) is 0 Å². The largest absolute Gasteiger partial charge is 0.357 e. The molecule has 0 amide bonds. The summed E-state index contributed by atoms with van der Waals surface area (Å²) in [5, 5.41) is 3.44. The van der Waals surface area contributed by atoms with Crippen LogP contribution in [0.25, 0.3) is 0 Å². The molecule has 2 aliphatic rings. The number of hydrogen-bond acceptors (Lipinski definition) is 4. The molecule has 2 heterocycles. The van der Waals surface area contributed by atoms with Crippen LogP contribution >= 0.6 is 24.0 Å². The van der Waals surface area contributed by atoms with Crippen molar-refractivity contribution in [1.82, 2.24) is 20.2 Å². The van der Waals surface area contributed by atoms with Crippen LogP contribution < -0.4 is 10.2 Å². The Labute approximate surface area is 162 Å². The van der Waals surface area contributed by atoms with Gasteiger partial charge in [-0.25, -0.2) is 9.97 Å². The highest BCUT2D eigenvalue weighted by atomic mass is 127. The van der Waals surface area contributed by atoms with E-state index < -0.39 is 0 Å². The highest BCUT2D eigenvalue weighted by Gasteiger charge is 2.22. The predicted molar refractivity (Wildman–Crippen MR) is 109 cm³/mol. The number of rotatable bonds is 6. The monoisotopic (exact) mass is 444 g/mol. The summed E-state index contributed by atoms with van der Waals surface area (Å²) >= 11 is 0. The Morgan fingerprint density at radius 3 is 2.54 bits per heavy atom. The van der Waals surface area contributed by atoms with E-state index >= 15 is 0 Å². The smallest absolute Gasteiger partial charge is 0.225 e. The van der Waals surface area contributed by atoms with Crippen LogP contribution in [0.2, 0.25) is 0 Å². The number of anilines is 1. The Morgan fingerprint density at radius 1 is 1.21 bits per heavy atom. The third kappa shape index (κ3) is 5.75. The summed E-state index contributed by atoms with van der Waals surface area (Å²) in [5.74, 6) is 2.90. The molecule has 0 unspecified atom stereocenters. The Morgan fingerprint density at radius 2 is 1.92 bits per heavy atom. The van der Waals surface area contributed by atoms with Crippen LogP contribution in [0, 0.1) is 5.92 Å². The van der Waals surface area contributed by atoms with Crippen molar-refractivity contribution in [1.29, 1.82) is 0 Å². The number of aromatic nitrogens is 2. The SMILES string of the molecule is CCNC(=NCCCC1CC1)N1CCN(c2ncccn2)CC1.I. The first-order chi connectivity index (χ1) is 11.4. The van der Waals surface area contributed by atoms with Crippen molar-refractivity contribution < 1.29 is 0 Å². The molecular formula is C17H29IN6. The van der Waals surface area contributed by atoms with E-state index in [9.17, 15) is 0 Å². The molecule has 0 radical (unpaired) electrons. The van der Waals surface area contributed by atoms with Crippen molar-refractivity contribution in [2.24, 2.45) is 10.9 Å². The van der Waals surface area contributed by atoms with Gasteiger partial charge in [-0.05, 0) is 31.7 Å². The van der Waals surface area contributed by atoms with E-state index in [0.29, 0.717) is 0 Å². The quantitative estimate of drug-likeness (QED) is 0.316. The normalized spacial score (nSPS) is 18.3. The molecular weight excluding hydrogens is 415 g/mol. The van der Waals surface area contributed by atoms with Gasteiger partial charge in [-0.2, -0.15) is 0 Å². The predicted octanol–water partition coefficient (Wildman–Crippen LogP) is 2.37. The summed E-state index contributed by atoms with van der Waals surface area (Å²) in [4.78, 5) is 18.1. The van der Waals surface area contributed by atoms with E-state index in [2.05, 4.69) is 32.0 Å². The molecule has 1 aliphatic carbocycles. The Kier molecular flexibility index (Phi) is 8.01. The average Bonchev–Trinajstić information content (AvgIpc) is 3.43. The van der Waals surface area contributed by atoms with Crippen molar-refractivity contribution in [2.75, 3.05) is 44.2 Å². The molecule has 1 aliphatic heterocycles. The summed E-state index contributed by atoms with van der Waals surface area (Å²) in [6, 6.07) is 1.86. The maximum atomic E-state index is 4.82. The molecule has 0 spiro atoms. The number of hydrogen-bond donors (Lipinski definition) is 1. The Balaban J connectivity index is 0.00000208. The fraction of sp³-hybridized carbons (Fsp3) is 0.706. The van der Waals surface area contributed by atoms with E-state index in [1.807, 2.05) is 6.07 Å². The van der Waals surface area contributed by atoms with Crippen LogP contribution in [0.4, 0.5) is 5.95 Å². The number of guanidine groups is 1. The fourth-order valence-corrected chi connectivity index (χ4v) is 2.97. The summed E-state index contributed by atoms with van der Waals surface area (Å²) < 4.78 is 0. The summed E-state index contributed by atoms with van der Waals surface area (Å²) in [5.41, 5.74) is 0. The lowest BCUT2D eigenvalue weighted by Gasteiger charge is -2.36. The molecule has 7 heteroatoms. The second-order valence-corrected chi connectivity index (χ2v) is 6.34. The zero-order valence-electron chi connectivity index (χ0n) is 14.5. The maximum absolute atomic E-state index is 4.82. The van der Waals surface area contributed by atoms with Crippen molar-refractivity contribution in [3.05, 3.63) is 18.5 Å². The highest BCUT2D eigenvalue weighted by Crippen LogP contribution is 2.33. The standard InChI is InChI=1S/C17H28N6.HI/c1-2-18-16(19-8-3-5-15-6-7-15)22-11-13-23(14-12-22)17-20-9-4-10-21-17;/h4,9-10,15H,2-3,5-8,11-14H2,1H3,(H,18,19);1H. The lowest BCUT2D eigenvalue weighted by atomic mass is 10.2. The van der Waals surface area contributed by atoms with Crippen LogP contribution in [0.15, 0.2) is 23.5 Å². The topological polar surface area (TPSA) is 56.7 Å². The Hall–Kier alpha value is -1.12. The first-order valence-corrected chi connectivity index (χ1v) is 8.92. The fourth-order valence-electron chi connectivity index (χ4n) is 2.97. The second-order valence-electron chi connectivity index (χ2n) is 6.34. The zero-order chi connectivity index (χ0) is 15.9. The average molecular weight is 444 g/mol. The molecule has 1 N–H and O–H groups in total. The minimum atomic E-state index is 0. The van der Waals surface area contributed by atoms with Crippen LogP contribution in [0.1, 0.15) is 32.6 Å². The van der Waals surface area contributed by atoms with Gasteiger partial charge in [0.2, 0.25) is 5.95 Å². The van der Waals surface area contributed by atoms with E-state index in [4.69, 9.17) is 4.99 Å². The maximum Gasteiger partial charge on any atom is 0.225 e. The van der Waals surface area contributed by atoms with Gasteiger partial charge in [-0.3, -0.25) is 4.99 Å². The molecule has 1 aromatic rings.